The Bertz CT molecular complexity index is 2100. The van der Waals surface area contributed by atoms with Gasteiger partial charge in [-0.25, -0.2) is 4.98 Å². The fourth-order valence-electron chi connectivity index (χ4n) is 5.95. The third kappa shape index (κ3) is 13.9. The monoisotopic (exact) mass is 895 g/mol. The van der Waals surface area contributed by atoms with E-state index < -0.39 is 94.3 Å². The Labute approximate surface area is 376 Å². The van der Waals surface area contributed by atoms with Gasteiger partial charge in [0.25, 0.3) is 0 Å². The van der Waals surface area contributed by atoms with E-state index in [1.165, 1.54) is 0 Å². The second-order valence-corrected chi connectivity index (χ2v) is 20.9. The summed E-state index contributed by atoms with van der Waals surface area (Å²) in [6.45, 7) is 24.0. The van der Waals surface area contributed by atoms with Gasteiger partial charge < -0.3 is 44.2 Å². The molecule has 2 aromatic heterocycles. The number of amides is 1. The predicted octanol–water partition coefficient (Wildman–Crippen LogP) is 5.93. The van der Waals surface area contributed by atoms with Crippen molar-refractivity contribution in [3.8, 4) is 11.6 Å². The minimum absolute atomic E-state index is 0.0498. The number of nitrogens with two attached hydrogens (primary N) is 1. The van der Waals surface area contributed by atoms with E-state index >= 15 is 0 Å². The molecule has 0 bridgehead atoms. The Morgan fingerprint density at radius 3 is 1.81 bits per heavy atom. The Hall–Kier alpha value is -5.29. The van der Waals surface area contributed by atoms with E-state index in [9.17, 15) is 24.0 Å². The third-order valence-electron chi connectivity index (χ3n) is 10.3. The van der Waals surface area contributed by atoms with E-state index in [0.717, 1.165) is 11.1 Å². The maximum Gasteiger partial charge on any atom is 0.311 e. The van der Waals surface area contributed by atoms with Crippen molar-refractivity contribution in [1.29, 1.82) is 0 Å². The fourth-order valence-corrected chi connectivity index (χ4v) is 5.95. The molecule has 4 rings (SSSR count). The van der Waals surface area contributed by atoms with Crippen molar-refractivity contribution >= 4 is 40.8 Å². The number of rotatable bonds is 17. The first kappa shape index (κ1) is 51.3. The van der Waals surface area contributed by atoms with Gasteiger partial charge in [0.2, 0.25) is 24.2 Å². The lowest BCUT2D eigenvalue weighted by Crippen LogP contribution is -2.65. The Kier molecular flexibility index (Phi) is 16.3. The lowest BCUT2D eigenvalue weighted by atomic mass is 9.93. The minimum Gasteiger partial charge on any atom is -0.494 e. The van der Waals surface area contributed by atoms with Crippen LogP contribution in [-0.2, 0) is 60.5 Å². The number of aryl methyl sites for hydroxylation is 2. The van der Waals surface area contributed by atoms with Crippen molar-refractivity contribution in [3.63, 3.8) is 0 Å². The smallest absolute Gasteiger partial charge is 0.311 e. The zero-order valence-electron chi connectivity index (χ0n) is 40.0. The molecular formula is C47H69N5O12. The second-order valence-electron chi connectivity index (χ2n) is 20.9. The normalized spacial score (nSPS) is 19.7. The molecule has 0 spiro atoms. The molecule has 1 fully saturated rings. The predicted molar refractivity (Wildman–Crippen MR) is 237 cm³/mol. The third-order valence-corrected chi connectivity index (χ3v) is 10.3. The van der Waals surface area contributed by atoms with Crippen molar-refractivity contribution in [2.75, 3.05) is 19.8 Å². The lowest BCUT2D eigenvalue weighted by molar-refractivity contribution is -0.294. The molecule has 0 aliphatic carbocycles. The fraction of sp³-hybridized carbons (Fsp3) is 0.638. The summed E-state index contributed by atoms with van der Waals surface area (Å²) in [5.41, 5.74) is 2.89. The number of esters is 4. The molecule has 3 heterocycles. The topological polar surface area (TPSA) is 230 Å². The van der Waals surface area contributed by atoms with Gasteiger partial charge in [0.15, 0.2) is 17.9 Å². The molecule has 1 aromatic carbocycles. The lowest BCUT2D eigenvalue weighted by Gasteiger charge is -2.45. The first-order valence-electron chi connectivity index (χ1n) is 21.7. The quantitative estimate of drug-likeness (QED) is 0.0810. The molecule has 5 atom stereocenters. The first-order chi connectivity index (χ1) is 29.5. The number of carbonyl (C=O) groups is 5. The average molecular weight is 896 g/mol. The highest BCUT2D eigenvalue weighted by atomic mass is 16.7. The number of H-pyrrole nitrogens is 1. The number of pyridine rings is 1. The van der Waals surface area contributed by atoms with Gasteiger partial charge in [-0.2, -0.15) is 0 Å². The molecule has 0 radical (unpaired) electrons. The Morgan fingerprint density at radius 2 is 1.27 bits per heavy atom. The van der Waals surface area contributed by atoms with Gasteiger partial charge in [-0.05, 0) is 152 Å². The van der Waals surface area contributed by atoms with Crippen LogP contribution in [0.1, 0.15) is 114 Å². The number of nitrogens with one attached hydrogen (secondary N) is 2. The summed E-state index contributed by atoms with van der Waals surface area (Å²) in [7, 11) is 0. The van der Waals surface area contributed by atoms with Crippen LogP contribution in [-0.4, -0.2) is 101 Å². The number of carbonyl (C=O) groups excluding carboxylic acids is 5. The van der Waals surface area contributed by atoms with E-state index in [4.69, 9.17) is 38.9 Å². The zero-order chi connectivity index (χ0) is 48.0. The van der Waals surface area contributed by atoms with E-state index in [0.29, 0.717) is 49.2 Å². The molecule has 1 aliphatic heterocycles. The van der Waals surface area contributed by atoms with Crippen LogP contribution < -0.4 is 20.5 Å². The summed E-state index contributed by atoms with van der Waals surface area (Å²) in [6, 6.07) is 9.60. The Balaban J connectivity index is 1.68. The number of hydrogen-bond acceptors (Lipinski definition) is 15. The van der Waals surface area contributed by atoms with Gasteiger partial charge in [-0.1, -0.05) is 12.1 Å². The summed E-state index contributed by atoms with van der Waals surface area (Å²) in [6.07, 6.45) is -3.77. The van der Waals surface area contributed by atoms with E-state index in [1.807, 2.05) is 30.3 Å². The molecule has 0 unspecified atom stereocenters. The summed E-state index contributed by atoms with van der Waals surface area (Å²) in [5.74, 6) is -2.27. The van der Waals surface area contributed by atoms with Crippen LogP contribution in [0.3, 0.4) is 0 Å². The summed E-state index contributed by atoms with van der Waals surface area (Å²) < 4.78 is 43.1. The number of hydrogen-bond donors (Lipinski definition) is 3. The molecule has 354 valence electrons. The van der Waals surface area contributed by atoms with Gasteiger partial charge in [0.05, 0.1) is 39.2 Å². The molecule has 3 aromatic rings. The van der Waals surface area contributed by atoms with Crippen LogP contribution in [0.4, 0.5) is 0 Å². The van der Waals surface area contributed by atoms with Crippen molar-refractivity contribution in [3.05, 3.63) is 47.7 Å². The number of aromatic amines is 1. The standard InChI is InChI=1S/C47H69N5O12/c1-43(2,3)39(54)59-26-30-32(61-40(55)44(4,5)6)33(62-41(56)45(7,8)9)34(63-42(57)46(10,11)12)37(60-30)64-36-31-28(22-24-49-35(31)51-52-36)19-16-27-17-20-29(21-18-27)58-25-15-23-50-47(13,14)38(48)53/h17-18,20-22,24,30,32-34,37,50H,15-16,19,23,25-26H2,1-14H3,(H2,48,53)(H,49,51,52)/t30-,32-,33+,34-,37+/m1/s1. The maximum atomic E-state index is 13.7. The van der Waals surface area contributed by atoms with E-state index in [1.54, 1.807) is 103 Å². The zero-order valence-corrected chi connectivity index (χ0v) is 40.0. The number of fused-ring (bicyclic) bond motifs is 1. The number of primary amides is 1. The molecule has 17 nitrogen and oxygen atoms in total. The van der Waals surface area contributed by atoms with Crippen LogP contribution in [0.15, 0.2) is 36.5 Å². The summed E-state index contributed by atoms with van der Waals surface area (Å²) in [5, 5.41) is 11.0. The van der Waals surface area contributed by atoms with Crippen LogP contribution in [0.25, 0.3) is 11.0 Å². The van der Waals surface area contributed by atoms with Crippen molar-refractivity contribution in [2.45, 2.75) is 152 Å². The average Bonchev–Trinajstić information content (AvgIpc) is 3.60. The van der Waals surface area contributed by atoms with Crippen LogP contribution in [0, 0.1) is 21.7 Å². The minimum atomic E-state index is -1.54. The van der Waals surface area contributed by atoms with Gasteiger partial charge >= 0.3 is 23.9 Å². The van der Waals surface area contributed by atoms with Gasteiger partial charge in [0.1, 0.15) is 18.5 Å². The number of ether oxygens (including phenoxy) is 7. The maximum absolute atomic E-state index is 13.7. The highest BCUT2D eigenvalue weighted by molar-refractivity contribution is 5.85. The summed E-state index contributed by atoms with van der Waals surface area (Å²) >= 11 is 0. The number of nitrogens with zero attached hydrogens (tertiary/aromatic N) is 2. The van der Waals surface area contributed by atoms with E-state index in [2.05, 4.69) is 20.5 Å². The second kappa shape index (κ2) is 20.3. The van der Waals surface area contributed by atoms with Gasteiger partial charge in [0, 0.05) is 6.20 Å². The largest absolute Gasteiger partial charge is 0.494 e. The molecule has 1 amide bonds. The molecule has 64 heavy (non-hydrogen) atoms. The molecule has 17 heteroatoms. The molecule has 1 saturated heterocycles. The van der Waals surface area contributed by atoms with Crippen LogP contribution in [0.5, 0.6) is 11.6 Å². The van der Waals surface area contributed by atoms with Crippen molar-refractivity contribution in [2.24, 2.45) is 27.4 Å². The molecular weight excluding hydrogens is 827 g/mol. The highest BCUT2D eigenvalue weighted by Gasteiger charge is 2.56. The van der Waals surface area contributed by atoms with Gasteiger partial charge in [-0.3, -0.25) is 29.1 Å². The number of aromatic nitrogens is 3. The molecule has 0 saturated carbocycles. The van der Waals surface area contributed by atoms with Crippen LogP contribution >= 0.6 is 0 Å². The van der Waals surface area contributed by atoms with Gasteiger partial charge in [-0.15, -0.1) is 5.10 Å². The number of benzene rings is 1. The first-order valence-corrected chi connectivity index (χ1v) is 21.7. The molecule has 1 aliphatic rings. The Morgan fingerprint density at radius 1 is 0.719 bits per heavy atom. The SMILES string of the molecule is CC(C)(C)C(=O)OC[C@H]1O[C@@H](Oc2n[nH]c3nccc(CCc4ccc(OCCCNC(C)(C)C(N)=O)cc4)c23)[C@H](OC(=O)C(C)(C)C)[C@@H](OC(=O)C(C)(C)C)[C@@H]1OC(=O)C(C)(C)C. The van der Waals surface area contributed by atoms with Crippen LogP contribution in [0.2, 0.25) is 0 Å². The van der Waals surface area contributed by atoms with Crippen molar-refractivity contribution in [1.82, 2.24) is 20.5 Å². The summed E-state index contributed by atoms with van der Waals surface area (Å²) in [4.78, 5) is 70.2. The van der Waals surface area contributed by atoms with E-state index in [-0.39, 0.29) is 5.88 Å². The highest BCUT2D eigenvalue weighted by Crippen LogP contribution is 2.37. The molecule has 4 N–H and O–H groups in total. The van der Waals surface area contributed by atoms with Crippen molar-refractivity contribution < 1.29 is 57.1 Å².